The fourth-order valence-corrected chi connectivity index (χ4v) is 2.13. The molecule has 0 aliphatic rings. The van der Waals surface area contributed by atoms with Crippen LogP contribution in [0, 0.1) is 19.8 Å². The van der Waals surface area contributed by atoms with Crippen LogP contribution in [0.25, 0.3) is 0 Å². The highest BCUT2D eigenvalue weighted by Crippen LogP contribution is 2.02. The molecule has 0 amide bonds. The predicted octanol–water partition coefficient (Wildman–Crippen LogP) is 3.11. The lowest BCUT2D eigenvalue weighted by atomic mass is 10.1. The van der Waals surface area contributed by atoms with Crippen LogP contribution in [0.1, 0.15) is 45.0 Å². The van der Waals surface area contributed by atoms with Gasteiger partial charge in [0.2, 0.25) is 0 Å². The van der Waals surface area contributed by atoms with Crippen LogP contribution in [0.3, 0.4) is 0 Å². The molecule has 1 aromatic rings. The summed E-state index contributed by atoms with van der Waals surface area (Å²) in [6.45, 7) is 14.3. The van der Waals surface area contributed by atoms with Crippen LogP contribution in [0.5, 0.6) is 0 Å². The number of rotatable bonds is 8. The van der Waals surface area contributed by atoms with Crippen LogP contribution in [0.4, 0.5) is 0 Å². The molecule has 2 N–H and O–H groups in total. The van der Waals surface area contributed by atoms with Gasteiger partial charge in [-0.2, -0.15) is 5.10 Å². The van der Waals surface area contributed by atoms with Crippen molar-refractivity contribution in [2.75, 3.05) is 19.6 Å². The van der Waals surface area contributed by atoms with Gasteiger partial charge in [-0.05, 0) is 45.6 Å². The van der Waals surface area contributed by atoms with Crippen LogP contribution in [-0.4, -0.2) is 35.4 Å². The van der Waals surface area contributed by atoms with E-state index in [1.807, 2.05) is 6.92 Å². The number of nitrogens with zero attached hydrogens (tertiary/aromatic N) is 3. The normalized spacial score (nSPS) is 11.5. The number of aryl methyl sites for hydroxylation is 3. The van der Waals surface area contributed by atoms with Crippen LogP contribution in [0.2, 0.25) is 0 Å². The van der Waals surface area contributed by atoms with Gasteiger partial charge in [0.15, 0.2) is 5.96 Å². The number of nitrogens with one attached hydrogen (secondary N) is 2. The number of aromatic nitrogens is 2. The molecule has 128 valence electrons. The largest absolute Gasteiger partial charge is 0.357 e. The zero-order valence-electron chi connectivity index (χ0n) is 14.6. The predicted molar refractivity (Wildman–Crippen MR) is 105 cm³/mol. The van der Waals surface area contributed by atoms with E-state index in [0.717, 1.165) is 50.7 Å². The molecule has 0 radical (unpaired) electrons. The van der Waals surface area contributed by atoms with E-state index in [4.69, 9.17) is 0 Å². The highest BCUT2D eigenvalue weighted by atomic mass is 127. The summed E-state index contributed by atoms with van der Waals surface area (Å²) in [6.07, 6.45) is 2.17. The second kappa shape index (κ2) is 11.7. The molecule has 0 unspecified atom stereocenters. The van der Waals surface area contributed by atoms with Gasteiger partial charge < -0.3 is 10.6 Å². The minimum Gasteiger partial charge on any atom is -0.357 e. The molecule has 22 heavy (non-hydrogen) atoms. The molecule has 0 aromatic carbocycles. The first-order valence-electron chi connectivity index (χ1n) is 8.06. The van der Waals surface area contributed by atoms with E-state index in [2.05, 4.69) is 59.2 Å². The summed E-state index contributed by atoms with van der Waals surface area (Å²) in [5, 5.41) is 11.1. The van der Waals surface area contributed by atoms with Crippen molar-refractivity contribution in [1.29, 1.82) is 0 Å². The molecule has 0 aliphatic heterocycles. The summed E-state index contributed by atoms with van der Waals surface area (Å²) >= 11 is 0. The maximum absolute atomic E-state index is 4.62. The third-order valence-corrected chi connectivity index (χ3v) is 3.26. The van der Waals surface area contributed by atoms with Crippen molar-refractivity contribution >= 4 is 29.9 Å². The van der Waals surface area contributed by atoms with Crippen molar-refractivity contribution in [2.24, 2.45) is 10.9 Å². The van der Waals surface area contributed by atoms with Crippen LogP contribution in [0.15, 0.2) is 11.1 Å². The van der Waals surface area contributed by atoms with E-state index in [9.17, 15) is 0 Å². The fraction of sp³-hybridized carbons (Fsp3) is 0.750. The Morgan fingerprint density at radius 2 is 2.05 bits per heavy atom. The summed E-state index contributed by atoms with van der Waals surface area (Å²) in [5.74, 6) is 1.64. The number of hydrogen-bond acceptors (Lipinski definition) is 2. The Labute approximate surface area is 152 Å². The van der Waals surface area contributed by atoms with E-state index < -0.39 is 0 Å². The van der Waals surface area contributed by atoms with Gasteiger partial charge in [-0.1, -0.05) is 13.8 Å². The fourth-order valence-electron chi connectivity index (χ4n) is 2.13. The van der Waals surface area contributed by atoms with Gasteiger partial charge in [-0.15, -0.1) is 24.0 Å². The molecule has 1 aromatic heterocycles. The van der Waals surface area contributed by atoms with E-state index in [1.165, 1.54) is 5.69 Å². The Balaban J connectivity index is 0.00000441. The van der Waals surface area contributed by atoms with Crippen molar-refractivity contribution in [3.63, 3.8) is 0 Å². The van der Waals surface area contributed by atoms with Crippen LogP contribution in [-0.2, 0) is 6.54 Å². The monoisotopic (exact) mass is 421 g/mol. The minimum atomic E-state index is 0. The lowest BCUT2D eigenvalue weighted by Crippen LogP contribution is -2.38. The topological polar surface area (TPSA) is 54.2 Å². The molecule has 0 atom stereocenters. The first-order chi connectivity index (χ1) is 10.0. The number of guanidine groups is 1. The van der Waals surface area contributed by atoms with Gasteiger partial charge in [0.25, 0.3) is 0 Å². The third-order valence-electron chi connectivity index (χ3n) is 3.26. The van der Waals surface area contributed by atoms with Crippen molar-refractivity contribution in [2.45, 2.75) is 54.0 Å². The van der Waals surface area contributed by atoms with Gasteiger partial charge in [0.1, 0.15) is 0 Å². The Morgan fingerprint density at radius 3 is 2.59 bits per heavy atom. The standard InChI is InChI=1S/C16H31N5.HI/c1-6-17-16(19-10-8-13(2)3)18-9-7-11-21-15(5)12-14(4)20-21;/h12-13H,6-11H2,1-5H3,(H2,17,18,19);1H. The molecule has 0 saturated heterocycles. The minimum absolute atomic E-state index is 0. The zero-order valence-corrected chi connectivity index (χ0v) is 17.0. The SMILES string of the molecule is CCNC(=NCCCn1nc(C)cc1C)NCCC(C)C.I. The highest BCUT2D eigenvalue weighted by Gasteiger charge is 2.01. The van der Waals surface area contributed by atoms with E-state index in [-0.39, 0.29) is 24.0 Å². The number of halogens is 1. The lowest BCUT2D eigenvalue weighted by Gasteiger charge is -2.12. The zero-order chi connectivity index (χ0) is 15.7. The second-order valence-electron chi connectivity index (χ2n) is 5.87. The van der Waals surface area contributed by atoms with Crippen molar-refractivity contribution in [3.8, 4) is 0 Å². The average Bonchev–Trinajstić information content (AvgIpc) is 2.72. The van der Waals surface area contributed by atoms with E-state index in [0.29, 0.717) is 5.92 Å². The maximum atomic E-state index is 4.62. The molecule has 0 fully saturated rings. The third kappa shape index (κ3) is 8.60. The van der Waals surface area contributed by atoms with Crippen molar-refractivity contribution < 1.29 is 0 Å². The van der Waals surface area contributed by atoms with Gasteiger partial charge in [0.05, 0.1) is 5.69 Å². The Hall–Kier alpha value is -0.790. The van der Waals surface area contributed by atoms with E-state index in [1.54, 1.807) is 0 Å². The molecule has 0 spiro atoms. The molecule has 0 aliphatic carbocycles. The summed E-state index contributed by atoms with van der Waals surface area (Å²) < 4.78 is 2.06. The molecule has 0 bridgehead atoms. The Kier molecular flexibility index (Phi) is 11.3. The first-order valence-corrected chi connectivity index (χ1v) is 8.06. The molecule has 0 saturated carbocycles. The van der Waals surface area contributed by atoms with E-state index >= 15 is 0 Å². The summed E-state index contributed by atoms with van der Waals surface area (Å²) in [5.41, 5.74) is 2.30. The van der Waals surface area contributed by atoms with Gasteiger partial charge in [-0.3, -0.25) is 9.67 Å². The molecule has 5 nitrogen and oxygen atoms in total. The van der Waals surface area contributed by atoms with Gasteiger partial charge in [0, 0.05) is 31.9 Å². The van der Waals surface area contributed by atoms with Crippen molar-refractivity contribution in [1.82, 2.24) is 20.4 Å². The lowest BCUT2D eigenvalue weighted by molar-refractivity contribution is 0.562. The Morgan fingerprint density at radius 1 is 1.32 bits per heavy atom. The van der Waals surface area contributed by atoms with Crippen LogP contribution < -0.4 is 10.6 Å². The molecule has 1 rings (SSSR count). The molecular weight excluding hydrogens is 389 g/mol. The molecule has 1 heterocycles. The Bertz CT molecular complexity index is 440. The van der Waals surface area contributed by atoms with Gasteiger partial charge >= 0.3 is 0 Å². The summed E-state index contributed by atoms with van der Waals surface area (Å²) in [7, 11) is 0. The maximum Gasteiger partial charge on any atom is 0.191 e. The molecule has 6 heteroatoms. The molecular formula is C16H32IN5. The average molecular weight is 421 g/mol. The smallest absolute Gasteiger partial charge is 0.191 e. The quantitative estimate of drug-likeness (QED) is 0.294. The second-order valence-corrected chi connectivity index (χ2v) is 5.87. The van der Waals surface area contributed by atoms with Crippen molar-refractivity contribution in [3.05, 3.63) is 17.5 Å². The highest BCUT2D eigenvalue weighted by molar-refractivity contribution is 14.0. The van der Waals surface area contributed by atoms with Crippen LogP contribution >= 0.6 is 24.0 Å². The number of aliphatic imine (C=N–C) groups is 1. The first kappa shape index (κ1) is 21.2. The summed E-state index contributed by atoms with van der Waals surface area (Å²) in [6, 6.07) is 2.11. The summed E-state index contributed by atoms with van der Waals surface area (Å²) in [4.78, 5) is 4.62. The number of hydrogen-bond donors (Lipinski definition) is 2. The van der Waals surface area contributed by atoms with Gasteiger partial charge in [-0.25, -0.2) is 0 Å².